The van der Waals surface area contributed by atoms with Gasteiger partial charge in [-0.1, -0.05) is 25.0 Å². The predicted octanol–water partition coefficient (Wildman–Crippen LogP) is 4.64. The van der Waals surface area contributed by atoms with Crippen molar-refractivity contribution in [2.45, 2.75) is 31.6 Å². The fourth-order valence-electron chi connectivity index (χ4n) is 3.06. The van der Waals surface area contributed by atoms with Gasteiger partial charge in [-0.2, -0.15) is 0 Å². The van der Waals surface area contributed by atoms with Crippen molar-refractivity contribution in [3.8, 4) is 11.5 Å². The Kier molecular flexibility index (Phi) is 4.60. The first-order chi connectivity index (χ1) is 11.2. The number of hydrogen-bond donors (Lipinski definition) is 1. The second-order valence-corrected chi connectivity index (χ2v) is 5.88. The molecule has 0 spiro atoms. The molecule has 2 aromatic carbocycles. The van der Waals surface area contributed by atoms with Crippen molar-refractivity contribution in [1.82, 2.24) is 5.32 Å². The van der Waals surface area contributed by atoms with E-state index < -0.39 is 5.82 Å². The highest BCUT2D eigenvalue weighted by molar-refractivity contribution is 5.94. The van der Waals surface area contributed by atoms with Crippen molar-refractivity contribution >= 4 is 5.91 Å². The van der Waals surface area contributed by atoms with E-state index in [1.165, 1.54) is 50.4 Å². The molecule has 0 unspecified atom stereocenters. The van der Waals surface area contributed by atoms with Crippen molar-refractivity contribution < 1.29 is 13.9 Å². The van der Waals surface area contributed by atoms with Gasteiger partial charge in [-0.05, 0) is 54.7 Å². The molecule has 0 atom stereocenters. The SMILES string of the molecule is CNC(=O)c1ccc(Oc2ccc(C3CCCC3)cc2)c(F)c1. The normalized spacial score (nSPS) is 14.7. The summed E-state index contributed by atoms with van der Waals surface area (Å²) in [6.07, 6.45) is 5.09. The van der Waals surface area contributed by atoms with Gasteiger partial charge in [0.05, 0.1) is 0 Å². The maximum atomic E-state index is 14.1. The summed E-state index contributed by atoms with van der Waals surface area (Å²) in [5.74, 6) is 0.486. The average Bonchev–Trinajstić information content (AvgIpc) is 3.11. The minimum atomic E-state index is -0.550. The number of amides is 1. The van der Waals surface area contributed by atoms with Gasteiger partial charge in [0.25, 0.3) is 5.91 Å². The van der Waals surface area contributed by atoms with Crippen LogP contribution >= 0.6 is 0 Å². The van der Waals surface area contributed by atoms with E-state index in [2.05, 4.69) is 17.4 Å². The lowest BCUT2D eigenvalue weighted by Gasteiger charge is -2.11. The van der Waals surface area contributed by atoms with E-state index in [0.717, 1.165) is 0 Å². The molecular formula is C19H20FNO2. The Morgan fingerprint density at radius 2 is 1.83 bits per heavy atom. The van der Waals surface area contributed by atoms with Crippen LogP contribution in [0.15, 0.2) is 42.5 Å². The van der Waals surface area contributed by atoms with Crippen LogP contribution in [0, 0.1) is 5.82 Å². The summed E-state index contributed by atoms with van der Waals surface area (Å²) in [6.45, 7) is 0. The van der Waals surface area contributed by atoms with Crippen molar-refractivity contribution in [3.05, 3.63) is 59.4 Å². The second-order valence-electron chi connectivity index (χ2n) is 5.88. The number of carbonyl (C=O) groups is 1. The van der Waals surface area contributed by atoms with E-state index in [4.69, 9.17) is 4.74 Å². The minimum Gasteiger partial charge on any atom is -0.454 e. The Balaban J connectivity index is 1.72. The lowest BCUT2D eigenvalue weighted by atomic mass is 9.98. The van der Waals surface area contributed by atoms with Crippen LogP contribution in [0.4, 0.5) is 4.39 Å². The minimum absolute atomic E-state index is 0.117. The predicted molar refractivity (Wildman–Crippen MR) is 87.5 cm³/mol. The molecule has 1 fully saturated rings. The Hall–Kier alpha value is -2.36. The molecule has 0 heterocycles. The van der Waals surface area contributed by atoms with E-state index in [9.17, 15) is 9.18 Å². The summed E-state index contributed by atoms with van der Waals surface area (Å²) in [4.78, 5) is 11.5. The van der Waals surface area contributed by atoms with E-state index in [-0.39, 0.29) is 17.2 Å². The summed E-state index contributed by atoms with van der Waals surface area (Å²) >= 11 is 0. The molecule has 1 amide bonds. The number of benzene rings is 2. The Bertz CT molecular complexity index is 691. The standard InChI is InChI=1S/C19H20FNO2/c1-21-19(22)15-8-11-18(17(20)12-15)23-16-9-6-14(7-10-16)13-4-2-3-5-13/h6-13H,2-5H2,1H3,(H,21,22). The highest BCUT2D eigenvalue weighted by Crippen LogP contribution is 2.35. The van der Waals surface area contributed by atoms with Crippen LogP contribution in [0.5, 0.6) is 11.5 Å². The van der Waals surface area contributed by atoms with E-state index in [1.54, 1.807) is 6.07 Å². The molecule has 1 aliphatic carbocycles. The van der Waals surface area contributed by atoms with Crippen LogP contribution in [0.1, 0.15) is 47.5 Å². The molecule has 3 nitrogen and oxygen atoms in total. The highest BCUT2D eigenvalue weighted by Gasteiger charge is 2.17. The molecule has 0 aliphatic heterocycles. The number of ether oxygens (including phenoxy) is 1. The first-order valence-electron chi connectivity index (χ1n) is 7.97. The van der Waals surface area contributed by atoms with Crippen molar-refractivity contribution in [2.75, 3.05) is 7.05 Å². The molecule has 0 radical (unpaired) electrons. The Morgan fingerprint density at radius 3 is 2.43 bits per heavy atom. The first kappa shape index (κ1) is 15.5. The van der Waals surface area contributed by atoms with Gasteiger partial charge in [0.2, 0.25) is 0 Å². The summed E-state index contributed by atoms with van der Waals surface area (Å²) < 4.78 is 19.6. The highest BCUT2D eigenvalue weighted by atomic mass is 19.1. The van der Waals surface area contributed by atoms with Crippen LogP contribution in [0.25, 0.3) is 0 Å². The molecule has 0 aromatic heterocycles. The van der Waals surface area contributed by atoms with Gasteiger partial charge in [0.15, 0.2) is 11.6 Å². The third-order valence-electron chi connectivity index (χ3n) is 4.36. The van der Waals surface area contributed by atoms with Crippen molar-refractivity contribution in [2.24, 2.45) is 0 Å². The molecule has 1 saturated carbocycles. The quantitative estimate of drug-likeness (QED) is 0.893. The van der Waals surface area contributed by atoms with E-state index in [1.807, 2.05) is 12.1 Å². The molecule has 1 N–H and O–H groups in total. The number of halogens is 1. The monoisotopic (exact) mass is 313 g/mol. The average molecular weight is 313 g/mol. The summed E-state index contributed by atoms with van der Waals surface area (Å²) in [7, 11) is 1.51. The lowest BCUT2D eigenvalue weighted by Crippen LogP contribution is -2.17. The van der Waals surface area contributed by atoms with Gasteiger partial charge < -0.3 is 10.1 Å². The summed E-state index contributed by atoms with van der Waals surface area (Å²) in [6, 6.07) is 12.1. The number of rotatable bonds is 4. The van der Waals surface area contributed by atoms with E-state index >= 15 is 0 Å². The maximum absolute atomic E-state index is 14.1. The zero-order chi connectivity index (χ0) is 16.2. The molecule has 23 heavy (non-hydrogen) atoms. The maximum Gasteiger partial charge on any atom is 0.251 e. The third-order valence-corrected chi connectivity index (χ3v) is 4.36. The molecule has 1 aliphatic rings. The largest absolute Gasteiger partial charge is 0.454 e. The molecule has 120 valence electrons. The third kappa shape index (κ3) is 3.52. The lowest BCUT2D eigenvalue weighted by molar-refractivity contribution is 0.0962. The van der Waals surface area contributed by atoms with Gasteiger partial charge in [0, 0.05) is 12.6 Å². The van der Waals surface area contributed by atoms with E-state index in [0.29, 0.717) is 11.7 Å². The molecule has 3 rings (SSSR count). The Morgan fingerprint density at radius 1 is 1.13 bits per heavy atom. The van der Waals surface area contributed by atoms with Crippen molar-refractivity contribution in [3.63, 3.8) is 0 Å². The smallest absolute Gasteiger partial charge is 0.251 e. The molecule has 0 bridgehead atoms. The molecule has 0 saturated heterocycles. The van der Waals surface area contributed by atoms with Crippen LogP contribution in [-0.4, -0.2) is 13.0 Å². The van der Waals surface area contributed by atoms with Crippen LogP contribution in [-0.2, 0) is 0 Å². The van der Waals surface area contributed by atoms with Crippen LogP contribution in [0.2, 0.25) is 0 Å². The molecule has 2 aromatic rings. The summed E-state index contributed by atoms with van der Waals surface area (Å²) in [5, 5.41) is 2.46. The number of nitrogens with one attached hydrogen (secondary N) is 1. The van der Waals surface area contributed by atoms with Gasteiger partial charge in [0.1, 0.15) is 5.75 Å². The van der Waals surface area contributed by atoms with Crippen molar-refractivity contribution in [1.29, 1.82) is 0 Å². The first-order valence-corrected chi connectivity index (χ1v) is 7.97. The number of hydrogen-bond acceptors (Lipinski definition) is 2. The number of carbonyl (C=O) groups excluding carboxylic acids is 1. The van der Waals surface area contributed by atoms with Crippen LogP contribution < -0.4 is 10.1 Å². The zero-order valence-corrected chi connectivity index (χ0v) is 13.1. The fraction of sp³-hybridized carbons (Fsp3) is 0.316. The second kappa shape index (κ2) is 6.82. The van der Waals surface area contributed by atoms with Gasteiger partial charge in [-0.15, -0.1) is 0 Å². The summed E-state index contributed by atoms with van der Waals surface area (Å²) in [5.41, 5.74) is 1.60. The fourth-order valence-corrected chi connectivity index (χ4v) is 3.06. The molecular weight excluding hydrogens is 293 g/mol. The topological polar surface area (TPSA) is 38.3 Å². The van der Waals surface area contributed by atoms with Gasteiger partial charge >= 0.3 is 0 Å². The van der Waals surface area contributed by atoms with Gasteiger partial charge in [-0.25, -0.2) is 4.39 Å². The van der Waals surface area contributed by atoms with Gasteiger partial charge in [-0.3, -0.25) is 4.79 Å². The molecule has 4 heteroatoms. The zero-order valence-electron chi connectivity index (χ0n) is 13.1. The Labute approximate surface area is 135 Å². The van der Waals surface area contributed by atoms with Crippen LogP contribution in [0.3, 0.4) is 0 Å².